The lowest BCUT2D eigenvalue weighted by Crippen LogP contribution is -2.31. The van der Waals surface area contributed by atoms with Crippen LogP contribution in [0.3, 0.4) is 0 Å². The Balaban J connectivity index is 1.46. The number of benzene rings is 1. The molecule has 1 aromatic carbocycles. The minimum absolute atomic E-state index is 0.334. The normalized spacial score (nSPS) is 20.8. The van der Waals surface area contributed by atoms with Gasteiger partial charge in [-0.1, -0.05) is 12.8 Å². The second-order valence-corrected chi connectivity index (χ2v) is 9.15. The third-order valence-corrected chi connectivity index (χ3v) is 6.95. The smallest absolute Gasteiger partial charge is 0.268 e. The van der Waals surface area contributed by atoms with Crippen molar-refractivity contribution in [1.82, 2.24) is 14.8 Å². The zero-order chi connectivity index (χ0) is 22.5. The minimum atomic E-state index is -0.536. The number of fused-ring (bicyclic) bond motifs is 1. The number of hydrogen-bond acceptors (Lipinski definition) is 6. The number of rotatable bonds is 6. The summed E-state index contributed by atoms with van der Waals surface area (Å²) in [4.78, 5) is 18.6. The summed E-state index contributed by atoms with van der Waals surface area (Å²) >= 11 is 0. The van der Waals surface area contributed by atoms with Crippen molar-refractivity contribution in [3.63, 3.8) is 0 Å². The number of nitrogens with zero attached hydrogens (tertiary/aromatic N) is 4. The number of hydrogen-bond donors (Lipinski definition) is 1. The molecule has 1 atom stereocenters. The van der Waals surface area contributed by atoms with Gasteiger partial charge in [0.05, 0.1) is 18.7 Å². The number of methoxy groups -OCH3 is 1. The fourth-order valence-electron chi connectivity index (χ4n) is 5.07. The number of amides is 1. The van der Waals surface area contributed by atoms with Crippen LogP contribution in [0.5, 0.6) is 5.88 Å². The van der Waals surface area contributed by atoms with Crippen LogP contribution in [0.4, 0.5) is 5.69 Å². The SMILES string of the molecule is COc1ccc(C2OC=C(C(N)=O)N2c2cc3cn(C4CCCC4)nc3cc2C2CC2)cn1. The Bertz CT molecular complexity index is 1240. The van der Waals surface area contributed by atoms with Crippen LogP contribution in [0, 0.1) is 0 Å². The van der Waals surface area contributed by atoms with E-state index in [1.54, 1.807) is 19.4 Å². The van der Waals surface area contributed by atoms with E-state index in [1.807, 2.05) is 11.0 Å². The van der Waals surface area contributed by atoms with Gasteiger partial charge in [0.1, 0.15) is 12.0 Å². The first-order chi connectivity index (χ1) is 16.1. The van der Waals surface area contributed by atoms with Crippen molar-refractivity contribution in [3.8, 4) is 5.88 Å². The highest BCUT2D eigenvalue weighted by Gasteiger charge is 2.38. The molecule has 8 nitrogen and oxygen atoms in total. The van der Waals surface area contributed by atoms with Crippen molar-refractivity contribution < 1.29 is 14.3 Å². The first-order valence-electron chi connectivity index (χ1n) is 11.6. The molecule has 0 radical (unpaired) electrons. The molecule has 33 heavy (non-hydrogen) atoms. The summed E-state index contributed by atoms with van der Waals surface area (Å²) in [6.07, 6.45) is 11.9. The van der Waals surface area contributed by atoms with E-state index in [2.05, 4.69) is 28.0 Å². The predicted octanol–water partition coefficient (Wildman–Crippen LogP) is 4.29. The van der Waals surface area contributed by atoms with Gasteiger partial charge < -0.3 is 15.2 Å². The number of aromatic nitrogens is 3. The first-order valence-corrected chi connectivity index (χ1v) is 11.6. The monoisotopic (exact) mass is 445 g/mol. The number of ether oxygens (including phenoxy) is 2. The van der Waals surface area contributed by atoms with Crippen LogP contribution >= 0.6 is 0 Å². The fourth-order valence-corrected chi connectivity index (χ4v) is 5.07. The van der Waals surface area contributed by atoms with E-state index in [0.29, 0.717) is 23.5 Å². The molecule has 1 unspecified atom stereocenters. The molecular formula is C25H27N5O3. The highest BCUT2D eigenvalue weighted by molar-refractivity contribution is 5.98. The van der Waals surface area contributed by atoms with Crippen LogP contribution in [0.25, 0.3) is 10.9 Å². The van der Waals surface area contributed by atoms with Crippen molar-refractivity contribution in [1.29, 1.82) is 0 Å². The Morgan fingerprint density at radius 3 is 2.67 bits per heavy atom. The maximum atomic E-state index is 12.4. The van der Waals surface area contributed by atoms with Crippen LogP contribution < -0.4 is 15.4 Å². The Morgan fingerprint density at radius 2 is 2.00 bits per heavy atom. The quantitative estimate of drug-likeness (QED) is 0.608. The summed E-state index contributed by atoms with van der Waals surface area (Å²) in [5.41, 5.74) is 10.0. The molecule has 0 saturated heterocycles. The summed E-state index contributed by atoms with van der Waals surface area (Å²) in [5, 5.41) is 5.98. The molecule has 3 heterocycles. The van der Waals surface area contributed by atoms with E-state index in [-0.39, 0.29) is 0 Å². The van der Waals surface area contributed by atoms with Crippen LogP contribution in [0.2, 0.25) is 0 Å². The number of pyridine rings is 1. The Hall–Kier alpha value is -3.55. The fraction of sp³-hybridized carbons (Fsp3) is 0.400. The second kappa shape index (κ2) is 7.79. The molecule has 1 amide bonds. The summed E-state index contributed by atoms with van der Waals surface area (Å²) < 4.78 is 13.3. The highest BCUT2D eigenvalue weighted by atomic mass is 16.5. The molecular weight excluding hydrogens is 418 g/mol. The topological polar surface area (TPSA) is 95.5 Å². The lowest BCUT2D eigenvalue weighted by Gasteiger charge is -2.29. The largest absolute Gasteiger partial charge is 0.481 e. The van der Waals surface area contributed by atoms with Gasteiger partial charge in [0, 0.05) is 35.1 Å². The Labute approximate surface area is 192 Å². The summed E-state index contributed by atoms with van der Waals surface area (Å²) in [5.74, 6) is 0.443. The molecule has 3 aromatic rings. The number of anilines is 1. The van der Waals surface area contributed by atoms with Gasteiger partial charge in [0.2, 0.25) is 12.1 Å². The second-order valence-electron chi connectivity index (χ2n) is 9.15. The van der Waals surface area contributed by atoms with Gasteiger partial charge in [-0.05, 0) is 55.4 Å². The van der Waals surface area contributed by atoms with Crippen molar-refractivity contribution in [2.24, 2.45) is 5.73 Å². The van der Waals surface area contributed by atoms with E-state index in [0.717, 1.165) is 35.0 Å². The molecule has 6 rings (SSSR count). The molecule has 2 saturated carbocycles. The first kappa shape index (κ1) is 20.1. The molecule has 8 heteroatoms. The third-order valence-electron chi connectivity index (χ3n) is 6.95. The number of carbonyl (C=O) groups is 1. The van der Waals surface area contributed by atoms with Crippen molar-refractivity contribution >= 4 is 22.5 Å². The number of primary amides is 1. The average Bonchev–Trinajstić information content (AvgIpc) is 3.22. The van der Waals surface area contributed by atoms with Crippen molar-refractivity contribution in [3.05, 3.63) is 59.7 Å². The van der Waals surface area contributed by atoms with E-state index in [4.69, 9.17) is 20.3 Å². The van der Waals surface area contributed by atoms with Gasteiger partial charge in [-0.25, -0.2) is 4.98 Å². The molecule has 2 N–H and O–H groups in total. The van der Waals surface area contributed by atoms with Crippen molar-refractivity contribution in [2.45, 2.75) is 56.7 Å². The van der Waals surface area contributed by atoms with Crippen molar-refractivity contribution in [2.75, 3.05) is 12.0 Å². The van der Waals surface area contributed by atoms with Gasteiger partial charge in [-0.2, -0.15) is 5.10 Å². The molecule has 0 spiro atoms. The minimum Gasteiger partial charge on any atom is -0.481 e. The lowest BCUT2D eigenvalue weighted by molar-refractivity contribution is -0.114. The zero-order valence-corrected chi connectivity index (χ0v) is 18.6. The molecule has 2 fully saturated rings. The third kappa shape index (κ3) is 3.50. The van der Waals surface area contributed by atoms with Crippen LogP contribution in [-0.2, 0) is 9.53 Å². The average molecular weight is 446 g/mol. The summed E-state index contributed by atoms with van der Waals surface area (Å²) in [6, 6.07) is 8.48. The molecule has 2 aliphatic carbocycles. The van der Waals surface area contributed by atoms with E-state index in [1.165, 1.54) is 37.5 Å². The Morgan fingerprint density at radius 1 is 1.18 bits per heavy atom. The van der Waals surface area contributed by atoms with Crippen LogP contribution in [0.1, 0.15) is 67.8 Å². The number of carbonyl (C=O) groups excluding carboxylic acids is 1. The van der Waals surface area contributed by atoms with Crippen LogP contribution in [0.15, 0.2) is 48.6 Å². The summed E-state index contributed by atoms with van der Waals surface area (Å²) in [6.45, 7) is 0. The lowest BCUT2D eigenvalue weighted by atomic mass is 10.0. The summed E-state index contributed by atoms with van der Waals surface area (Å²) in [7, 11) is 1.58. The van der Waals surface area contributed by atoms with Gasteiger partial charge in [-0.3, -0.25) is 14.4 Å². The van der Waals surface area contributed by atoms with E-state index < -0.39 is 12.1 Å². The predicted molar refractivity (Wildman–Crippen MR) is 124 cm³/mol. The van der Waals surface area contributed by atoms with Gasteiger partial charge in [-0.15, -0.1) is 0 Å². The number of nitrogens with two attached hydrogens (primary N) is 1. The van der Waals surface area contributed by atoms with Gasteiger partial charge in [0.15, 0.2) is 0 Å². The molecule has 3 aliphatic rings. The van der Waals surface area contributed by atoms with Gasteiger partial charge >= 0.3 is 0 Å². The standard InChI is InChI=1S/C25H27N5O3/c1-32-23-9-8-16(12-27-23)25-30(22(14-33-25)24(26)31)21-10-17-13-29(18-4-2-3-5-18)28-20(17)11-19(21)15-6-7-15/h8-15,18,25H,2-7H2,1H3,(H2,26,31). The molecule has 1 aliphatic heterocycles. The maximum Gasteiger partial charge on any atom is 0.268 e. The highest BCUT2D eigenvalue weighted by Crippen LogP contribution is 2.49. The van der Waals surface area contributed by atoms with Gasteiger partial charge in [0.25, 0.3) is 5.91 Å². The van der Waals surface area contributed by atoms with E-state index >= 15 is 0 Å². The zero-order valence-electron chi connectivity index (χ0n) is 18.6. The van der Waals surface area contributed by atoms with E-state index in [9.17, 15) is 4.79 Å². The molecule has 2 aromatic heterocycles. The Kier molecular flexibility index (Phi) is 4.74. The molecule has 0 bridgehead atoms. The van der Waals surface area contributed by atoms with Crippen LogP contribution in [-0.4, -0.2) is 27.8 Å². The maximum absolute atomic E-state index is 12.4. The molecule has 170 valence electrons.